The first-order chi connectivity index (χ1) is 6.16. The number of aromatic carboxylic acids is 1. The molecule has 3 nitrogen and oxygen atoms in total. The number of carboxylic acids is 1. The molecule has 0 radical (unpaired) electrons. The summed E-state index contributed by atoms with van der Waals surface area (Å²) >= 11 is 4.08. The van der Waals surface area contributed by atoms with E-state index in [1.165, 1.54) is 6.07 Å². The number of carbonyl (C=O) groups is 1. The van der Waals surface area contributed by atoms with E-state index in [1.54, 1.807) is 12.1 Å². The van der Waals surface area contributed by atoms with Crippen LogP contribution in [0.1, 0.15) is 17.3 Å². The molecule has 1 aromatic carbocycles. The van der Waals surface area contributed by atoms with Gasteiger partial charge >= 0.3 is 5.97 Å². The van der Waals surface area contributed by atoms with E-state index in [9.17, 15) is 4.79 Å². The first-order valence-corrected chi connectivity index (χ1v) is 4.29. The monoisotopic (exact) mass is 198 g/mol. The average Bonchev–Trinajstić information content (AvgIpc) is 2.08. The zero-order valence-corrected chi connectivity index (χ0v) is 8.04. The molecule has 0 fully saturated rings. The molecular formula is C9H10O3S. The quantitative estimate of drug-likeness (QED) is 0.731. The molecule has 0 unspecified atom stereocenters. The van der Waals surface area contributed by atoms with E-state index < -0.39 is 5.97 Å². The summed E-state index contributed by atoms with van der Waals surface area (Å²) < 4.78 is 5.19. The van der Waals surface area contributed by atoms with Crippen molar-refractivity contribution < 1.29 is 14.6 Å². The second kappa shape index (κ2) is 4.18. The molecule has 0 amide bonds. The van der Waals surface area contributed by atoms with Crippen LogP contribution < -0.4 is 4.74 Å². The molecule has 4 heteroatoms. The molecular weight excluding hydrogens is 188 g/mol. The van der Waals surface area contributed by atoms with Gasteiger partial charge in [0.25, 0.3) is 0 Å². The van der Waals surface area contributed by atoms with Gasteiger partial charge in [0.15, 0.2) is 0 Å². The molecule has 0 aliphatic carbocycles. The highest BCUT2D eigenvalue weighted by Gasteiger charge is 2.10. The van der Waals surface area contributed by atoms with Crippen LogP contribution in [0.15, 0.2) is 23.1 Å². The highest BCUT2D eigenvalue weighted by atomic mass is 32.1. The lowest BCUT2D eigenvalue weighted by Gasteiger charge is -2.07. The van der Waals surface area contributed by atoms with Crippen LogP contribution in [0, 0.1) is 0 Å². The van der Waals surface area contributed by atoms with Gasteiger partial charge in [-0.05, 0) is 19.1 Å². The van der Waals surface area contributed by atoms with Crippen LogP contribution in [0.25, 0.3) is 0 Å². The van der Waals surface area contributed by atoms with Crippen LogP contribution in [0.4, 0.5) is 0 Å². The number of hydrogen-bond acceptors (Lipinski definition) is 3. The van der Waals surface area contributed by atoms with Gasteiger partial charge in [0.2, 0.25) is 0 Å². The maximum Gasteiger partial charge on any atom is 0.336 e. The van der Waals surface area contributed by atoms with Gasteiger partial charge in [0.05, 0.1) is 17.1 Å². The molecule has 0 atom stereocenters. The van der Waals surface area contributed by atoms with Crippen LogP contribution in [0.3, 0.4) is 0 Å². The van der Waals surface area contributed by atoms with Gasteiger partial charge in [-0.25, -0.2) is 4.79 Å². The Morgan fingerprint density at radius 2 is 2.31 bits per heavy atom. The maximum absolute atomic E-state index is 10.7. The fraction of sp³-hybridized carbons (Fsp3) is 0.222. The SMILES string of the molecule is CCOc1cccc(C(=O)O)c1S. The van der Waals surface area contributed by atoms with Crippen LogP contribution >= 0.6 is 12.6 Å². The predicted molar refractivity (Wildman–Crippen MR) is 51.8 cm³/mol. The molecule has 13 heavy (non-hydrogen) atoms. The number of ether oxygens (including phenoxy) is 1. The van der Waals surface area contributed by atoms with Gasteiger partial charge in [0.1, 0.15) is 5.75 Å². The number of benzene rings is 1. The van der Waals surface area contributed by atoms with Crippen molar-refractivity contribution in [1.29, 1.82) is 0 Å². The molecule has 0 saturated carbocycles. The lowest BCUT2D eigenvalue weighted by molar-refractivity contribution is 0.0692. The Kier molecular flexibility index (Phi) is 3.19. The summed E-state index contributed by atoms with van der Waals surface area (Å²) in [4.78, 5) is 11.0. The zero-order chi connectivity index (χ0) is 9.84. The third-order valence-electron chi connectivity index (χ3n) is 1.53. The van der Waals surface area contributed by atoms with E-state index in [0.717, 1.165) is 0 Å². The molecule has 0 aromatic heterocycles. The Morgan fingerprint density at radius 1 is 1.62 bits per heavy atom. The molecule has 0 heterocycles. The van der Waals surface area contributed by atoms with Crippen molar-refractivity contribution in [2.75, 3.05) is 6.61 Å². The zero-order valence-electron chi connectivity index (χ0n) is 7.15. The van der Waals surface area contributed by atoms with Crippen molar-refractivity contribution in [2.45, 2.75) is 11.8 Å². The van der Waals surface area contributed by atoms with Crippen LogP contribution in [-0.2, 0) is 0 Å². The lowest BCUT2D eigenvalue weighted by Crippen LogP contribution is -2.00. The summed E-state index contributed by atoms with van der Waals surface area (Å²) in [5.41, 5.74) is 0.161. The lowest BCUT2D eigenvalue weighted by atomic mass is 10.2. The van der Waals surface area contributed by atoms with Crippen LogP contribution in [0.2, 0.25) is 0 Å². The molecule has 1 N–H and O–H groups in total. The van der Waals surface area contributed by atoms with Gasteiger partial charge in [-0.15, -0.1) is 12.6 Å². The van der Waals surface area contributed by atoms with Crippen molar-refractivity contribution in [2.24, 2.45) is 0 Å². The minimum Gasteiger partial charge on any atom is -0.493 e. The molecule has 0 saturated heterocycles. The van der Waals surface area contributed by atoms with Gasteiger partial charge in [-0.1, -0.05) is 6.07 Å². The van der Waals surface area contributed by atoms with Crippen molar-refractivity contribution in [3.05, 3.63) is 23.8 Å². The molecule has 0 aliphatic rings. The summed E-state index contributed by atoms with van der Waals surface area (Å²) in [6.45, 7) is 2.33. The fourth-order valence-corrected chi connectivity index (χ4v) is 1.28. The Balaban J connectivity index is 3.10. The second-order valence-electron chi connectivity index (χ2n) is 2.39. The van der Waals surface area contributed by atoms with E-state index in [4.69, 9.17) is 9.84 Å². The normalized spacial score (nSPS) is 9.69. The van der Waals surface area contributed by atoms with E-state index in [1.807, 2.05) is 6.92 Å². The van der Waals surface area contributed by atoms with Gasteiger partial charge in [-0.3, -0.25) is 0 Å². The molecule has 0 bridgehead atoms. The van der Waals surface area contributed by atoms with Crippen molar-refractivity contribution in [3.63, 3.8) is 0 Å². The summed E-state index contributed by atoms with van der Waals surface area (Å²) in [5.74, 6) is -0.489. The number of hydrogen-bond donors (Lipinski definition) is 2. The first kappa shape index (κ1) is 9.92. The van der Waals surface area contributed by atoms with E-state index in [-0.39, 0.29) is 5.56 Å². The summed E-state index contributed by atoms with van der Waals surface area (Å²) in [6.07, 6.45) is 0. The first-order valence-electron chi connectivity index (χ1n) is 3.85. The van der Waals surface area contributed by atoms with Crippen LogP contribution in [0.5, 0.6) is 5.75 Å². The fourth-order valence-electron chi connectivity index (χ4n) is 0.967. The van der Waals surface area contributed by atoms with Gasteiger partial charge in [0, 0.05) is 0 Å². The molecule has 1 aromatic rings. The van der Waals surface area contributed by atoms with Crippen LogP contribution in [-0.4, -0.2) is 17.7 Å². The van der Waals surface area contributed by atoms with Crippen molar-refractivity contribution in [1.82, 2.24) is 0 Å². The Bertz CT molecular complexity index is 323. The molecule has 0 aliphatic heterocycles. The van der Waals surface area contributed by atoms with Gasteiger partial charge in [-0.2, -0.15) is 0 Å². The average molecular weight is 198 g/mol. The number of thiol groups is 1. The summed E-state index contributed by atoms with van der Waals surface area (Å²) in [7, 11) is 0. The standard InChI is InChI=1S/C9H10O3S/c1-2-12-7-5-3-4-6(8(7)13)9(10)11/h3-5,13H,2H2,1H3,(H,10,11). The third-order valence-corrected chi connectivity index (χ3v) is 1.99. The topological polar surface area (TPSA) is 46.5 Å². The Morgan fingerprint density at radius 3 is 2.85 bits per heavy atom. The third kappa shape index (κ3) is 2.15. The van der Waals surface area contributed by atoms with E-state index in [0.29, 0.717) is 17.3 Å². The summed E-state index contributed by atoms with van der Waals surface area (Å²) in [6, 6.07) is 4.82. The highest BCUT2D eigenvalue weighted by molar-refractivity contribution is 7.80. The second-order valence-corrected chi connectivity index (χ2v) is 2.84. The number of carboxylic acid groups (broad SMARTS) is 1. The van der Waals surface area contributed by atoms with Crippen molar-refractivity contribution >= 4 is 18.6 Å². The maximum atomic E-state index is 10.7. The summed E-state index contributed by atoms with van der Waals surface area (Å²) in [5, 5.41) is 8.75. The largest absolute Gasteiger partial charge is 0.493 e. The highest BCUT2D eigenvalue weighted by Crippen LogP contribution is 2.26. The Labute approximate surface area is 81.8 Å². The molecule has 1 rings (SSSR count). The van der Waals surface area contributed by atoms with Gasteiger partial charge < -0.3 is 9.84 Å². The predicted octanol–water partition coefficient (Wildman–Crippen LogP) is 2.07. The number of rotatable bonds is 3. The van der Waals surface area contributed by atoms with Crippen molar-refractivity contribution in [3.8, 4) is 5.75 Å². The molecule has 70 valence electrons. The molecule has 0 spiro atoms. The minimum atomic E-state index is -0.994. The minimum absolute atomic E-state index is 0.161. The smallest absolute Gasteiger partial charge is 0.336 e. The Hall–Kier alpha value is -1.16. The van der Waals surface area contributed by atoms with E-state index in [2.05, 4.69) is 12.6 Å². The van der Waals surface area contributed by atoms with E-state index >= 15 is 0 Å².